The van der Waals surface area contributed by atoms with Gasteiger partial charge in [-0.15, -0.1) is 4.40 Å². The van der Waals surface area contributed by atoms with Crippen molar-refractivity contribution in [1.82, 2.24) is 0 Å². The van der Waals surface area contributed by atoms with Crippen molar-refractivity contribution >= 4 is 27.5 Å². The molecular weight excluding hydrogens is 313 g/mol. The SMILES string of the molecule is O=C(O)CCC1=NS(=O)(=O)c2ccc(C(F)(F)F)cc2N1. The number of carbonyl (C=O) groups is 1. The van der Waals surface area contributed by atoms with Gasteiger partial charge in [-0.05, 0) is 18.2 Å². The van der Waals surface area contributed by atoms with Gasteiger partial charge in [0, 0.05) is 6.42 Å². The lowest BCUT2D eigenvalue weighted by molar-refractivity contribution is -0.138. The van der Waals surface area contributed by atoms with E-state index in [0.29, 0.717) is 12.1 Å². The number of nitrogens with zero attached hydrogens (tertiary/aromatic N) is 1. The van der Waals surface area contributed by atoms with Gasteiger partial charge >= 0.3 is 12.1 Å². The molecule has 1 heterocycles. The van der Waals surface area contributed by atoms with E-state index < -0.39 is 34.2 Å². The van der Waals surface area contributed by atoms with Crippen LogP contribution in [0.3, 0.4) is 0 Å². The highest BCUT2D eigenvalue weighted by Crippen LogP contribution is 2.35. The van der Waals surface area contributed by atoms with Crippen molar-refractivity contribution in [1.29, 1.82) is 0 Å². The minimum absolute atomic E-state index is 0.204. The number of anilines is 1. The summed E-state index contributed by atoms with van der Waals surface area (Å²) in [5.74, 6) is -1.38. The Bertz CT molecular complexity index is 725. The van der Waals surface area contributed by atoms with Crippen molar-refractivity contribution in [2.45, 2.75) is 23.9 Å². The lowest BCUT2D eigenvalue weighted by Gasteiger charge is -2.19. The number of nitrogens with one attached hydrogen (secondary N) is 1. The molecule has 1 aliphatic rings. The smallest absolute Gasteiger partial charge is 0.416 e. The first-order chi connectivity index (χ1) is 9.59. The normalized spacial score (nSPS) is 16.6. The number of amidine groups is 1. The molecule has 0 atom stereocenters. The van der Waals surface area contributed by atoms with Crippen LogP contribution in [-0.2, 0) is 21.0 Å². The summed E-state index contributed by atoms with van der Waals surface area (Å²) < 4.78 is 64.9. The third-order valence-electron chi connectivity index (χ3n) is 2.67. The molecule has 114 valence electrons. The lowest BCUT2D eigenvalue weighted by atomic mass is 10.2. The van der Waals surface area contributed by atoms with Crippen molar-refractivity contribution in [3.8, 4) is 0 Å². The van der Waals surface area contributed by atoms with E-state index in [2.05, 4.69) is 9.71 Å². The molecule has 0 fully saturated rings. The van der Waals surface area contributed by atoms with Crippen LogP contribution in [0.15, 0.2) is 27.5 Å². The van der Waals surface area contributed by atoms with Crippen molar-refractivity contribution in [2.75, 3.05) is 5.32 Å². The van der Waals surface area contributed by atoms with E-state index in [0.717, 1.165) is 6.07 Å². The quantitative estimate of drug-likeness (QED) is 0.888. The summed E-state index contributed by atoms with van der Waals surface area (Å²) in [5.41, 5.74) is -1.27. The Morgan fingerprint density at radius 2 is 2.00 bits per heavy atom. The van der Waals surface area contributed by atoms with Crippen molar-refractivity contribution in [3.63, 3.8) is 0 Å². The van der Waals surface area contributed by atoms with Gasteiger partial charge < -0.3 is 10.4 Å². The molecular formula is C11H9F3N2O4S. The number of benzene rings is 1. The lowest BCUT2D eigenvalue weighted by Crippen LogP contribution is -2.23. The molecule has 0 saturated heterocycles. The van der Waals surface area contributed by atoms with E-state index in [1.165, 1.54) is 0 Å². The summed E-state index contributed by atoms with van der Waals surface area (Å²) in [7, 11) is -4.14. The molecule has 0 aromatic heterocycles. The Morgan fingerprint density at radius 3 is 2.57 bits per heavy atom. The number of rotatable bonds is 3. The summed E-state index contributed by atoms with van der Waals surface area (Å²) in [6, 6.07) is 2.12. The van der Waals surface area contributed by atoms with E-state index >= 15 is 0 Å². The summed E-state index contributed by atoms with van der Waals surface area (Å²) in [5, 5.41) is 11.0. The summed E-state index contributed by atoms with van der Waals surface area (Å²) in [6.07, 6.45) is -5.24. The number of alkyl halides is 3. The third-order valence-corrected chi connectivity index (χ3v) is 4.04. The van der Waals surface area contributed by atoms with Crippen LogP contribution in [0.25, 0.3) is 0 Å². The van der Waals surface area contributed by atoms with Gasteiger partial charge in [-0.25, -0.2) is 0 Å². The van der Waals surface area contributed by atoms with Crippen molar-refractivity contribution in [2.24, 2.45) is 4.40 Å². The van der Waals surface area contributed by atoms with Gasteiger partial charge in [-0.1, -0.05) is 0 Å². The van der Waals surface area contributed by atoms with E-state index in [1.807, 2.05) is 0 Å². The summed E-state index contributed by atoms with van der Waals surface area (Å²) in [6.45, 7) is 0. The number of hydrogen-bond donors (Lipinski definition) is 2. The molecule has 0 unspecified atom stereocenters. The molecule has 21 heavy (non-hydrogen) atoms. The molecule has 6 nitrogen and oxygen atoms in total. The predicted molar refractivity (Wildman–Crippen MR) is 66.6 cm³/mol. The third kappa shape index (κ3) is 3.32. The van der Waals surface area contributed by atoms with Crippen LogP contribution in [0.1, 0.15) is 18.4 Å². The maximum Gasteiger partial charge on any atom is 0.416 e. The highest BCUT2D eigenvalue weighted by molar-refractivity contribution is 7.90. The first kappa shape index (κ1) is 15.3. The summed E-state index contributed by atoms with van der Waals surface area (Å²) in [4.78, 5) is 10.1. The molecule has 0 spiro atoms. The molecule has 0 radical (unpaired) electrons. The van der Waals surface area contributed by atoms with Gasteiger partial charge in [-0.3, -0.25) is 4.79 Å². The van der Waals surface area contributed by atoms with Crippen LogP contribution in [0, 0.1) is 0 Å². The van der Waals surface area contributed by atoms with Gasteiger partial charge in [0.15, 0.2) is 0 Å². The fourth-order valence-corrected chi connectivity index (χ4v) is 2.89. The Labute approximate surface area is 117 Å². The van der Waals surface area contributed by atoms with Crippen LogP contribution >= 0.6 is 0 Å². The minimum atomic E-state index is -4.61. The Balaban J connectivity index is 2.40. The molecule has 1 aromatic rings. The zero-order chi connectivity index (χ0) is 15.8. The van der Waals surface area contributed by atoms with E-state index in [1.54, 1.807) is 0 Å². The monoisotopic (exact) mass is 322 g/mol. The first-order valence-corrected chi connectivity index (χ1v) is 7.07. The second-order valence-electron chi connectivity index (χ2n) is 4.24. The molecule has 1 aliphatic heterocycles. The average molecular weight is 322 g/mol. The maximum absolute atomic E-state index is 12.6. The minimum Gasteiger partial charge on any atom is -0.481 e. The molecule has 0 bridgehead atoms. The predicted octanol–water partition coefficient (Wildman–Crippen LogP) is 2.08. The second-order valence-corrected chi connectivity index (χ2v) is 5.81. The number of fused-ring (bicyclic) bond motifs is 1. The first-order valence-electron chi connectivity index (χ1n) is 5.63. The average Bonchev–Trinajstić information content (AvgIpc) is 2.34. The molecule has 10 heteroatoms. The van der Waals surface area contributed by atoms with Crippen LogP contribution in [0.4, 0.5) is 18.9 Å². The van der Waals surface area contributed by atoms with Crippen molar-refractivity contribution < 1.29 is 31.5 Å². The Hall–Kier alpha value is -2.10. The number of halogens is 3. The number of carboxylic acids is 1. The van der Waals surface area contributed by atoms with Gasteiger partial charge in [0.2, 0.25) is 0 Å². The molecule has 2 rings (SSSR count). The molecule has 0 amide bonds. The van der Waals surface area contributed by atoms with Crippen molar-refractivity contribution in [3.05, 3.63) is 23.8 Å². The van der Waals surface area contributed by atoms with Gasteiger partial charge in [0.25, 0.3) is 10.0 Å². The maximum atomic E-state index is 12.6. The van der Waals surface area contributed by atoms with Gasteiger partial charge in [0.1, 0.15) is 10.7 Å². The molecule has 1 aromatic carbocycles. The largest absolute Gasteiger partial charge is 0.481 e. The fraction of sp³-hybridized carbons (Fsp3) is 0.273. The zero-order valence-corrected chi connectivity index (χ0v) is 11.1. The van der Waals surface area contributed by atoms with Crippen LogP contribution < -0.4 is 5.32 Å². The van der Waals surface area contributed by atoms with E-state index in [4.69, 9.17) is 5.11 Å². The highest BCUT2D eigenvalue weighted by Gasteiger charge is 2.33. The number of aliphatic carboxylic acids is 1. The number of sulfonamides is 1. The van der Waals surface area contributed by atoms with E-state index in [9.17, 15) is 26.4 Å². The number of hydrogen-bond acceptors (Lipinski definition) is 4. The van der Waals surface area contributed by atoms with Crippen LogP contribution in [0.2, 0.25) is 0 Å². The number of carboxylic acid groups (broad SMARTS) is 1. The van der Waals surface area contributed by atoms with E-state index in [-0.39, 0.29) is 22.8 Å². The molecule has 0 aliphatic carbocycles. The zero-order valence-electron chi connectivity index (χ0n) is 10.3. The standard InChI is InChI=1S/C11H9F3N2O4S/c12-11(13,14)6-1-2-8-7(5-6)15-9(3-4-10(17)18)16-21(8,19)20/h1-2,5H,3-4H2,(H,15,16)(H,17,18). The summed E-state index contributed by atoms with van der Waals surface area (Å²) >= 11 is 0. The fourth-order valence-electron chi connectivity index (χ4n) is 1.73. The Morgan fingerprint density at radius 1 is 1.33 bits per heavy atom. The second kappa shape index (κ2) is 5.02. The van der Waals surface area contributed by atoms with Crippen LogP contribution in [-0.4, -0.2) is 25.3 Å². The topological polar surface area (TPSA) is 95.8 Å². The molecule has 2 N–H and O–H groups in total. The van der Waals surface area contributed by atoms with Gasteiger partial charge in [0.05, 0.1) is 17.7 Å². The highest BCUT2D eigenvalue weighted by atomic mass is 32.2. The van der Waals surface area contributed by atoms with Crippen LogP contribution in [0.5, 0.6) is 0 Å². The molecule has 0 saturated carbocycles. The van der Waals surface area contributed by atoms with Gasteiger partial charge in [-0.2, -0.15) is 21.6 Å². The Kier molecular flexibility index (Phi) is 3.66.